The van der Waals surface area contributed by atoms with Crippen molar-refractivity contribution in [3.63, 3.8) is 0 Å². The molecule has 1 amide bonds. The van der Waals surface area contributed by atoms with Gasteiger partial charge in [-0.25, -0.2) is 4.98 Å². The third-order valence-electron chi connectivity index (χ3n) is 6.54. The van der Waals surface area contributed by atoms with Gasteiger partial charge in [-0.05, 0) is 69.1 Å². The Balaban J connectivity index is 1.25. The van der Waals surface area contributed by atoms with Gasteiger partial charge in [-0.1, -0.05) is 6.42 Å². The van der Waals surface area contributed by atoms with Crippen LogP contribution in [0.1, 0.15) is 48.9 Å². The summed E-state index contributed by atoms with van der Waals surface area (Å²) in [5.41, 5.74) is 1.83. The number of carbonyl (C=O) groups is 1. The van der Waals surface area contributed by atoms with E-state index in [0.29, 0.717) is 29.5 Å². The van der Waals surface area contributed by atoms with Gasteiger partial charge in [-0.2, -0.15) is 0 Å². The Labute approximate surface area is 191 Å². The topological polar surface area (TPSA) is 84.8 Å². The summed E-state index contributed by atoms with van der Waals surface area (Å²) in [6.07, 6.45) is 8.26. The summed E-state index contributed by atoms with van der Waals surface area (Å²) in [6.45, 7) is 5.23. The van der Waals surface area contributed by atoms with Crippen LogP contribution >= 0.6 is 0 Å². The maximum absolute atomic E-state index is 13.1. The molecule has 33 heavy (non-hydrogen) atoms. The Morgan fingerprint density at radius 3 is 2.94 bits per heavy atom. The van der Waals surface area contributed by atoms with Crippen molar-refractivity contribution in [2.75, 3.05) is 19.6 Å². The minimum absolute atomic E-state index is 0.152. The number of piperidine rings is 1. The largest absolute Gasteiger partial charge is 0.454 e. The fourth-order valence-electron chi connectivity index (χ4n) is 4.73. The van der Waals surface area contributed by atoms with Crippen LogP contribution in [-0.2, 0) is 6.54 Å². The van der Waals surface area contributed by atoms with Crippen LogP contribution in [-0.4, -0.2) is 50.4 Å². The quantitative estimate of drug-likeness (QED) is 0.440. The number of nitrogens with zero attached hydrogens (tertiary/aromatic N) is 4. The van der Waals surface area contributed by atoms with Crippen LogP contribution in [0.5, 0.6) is 0 Å². The molecule has 0 aromatic carbocycles. The molecule has 5 rings (SSSR count). The van der Waals surface area contributed by atoms with Gasteiger partial charge in [-0.15, -0.1) is 0 Å². The van der Waals surface area contributed by atoms with E-state index in [1.807, 2.05) is 28.8 Å². The van der Waals surface area contributed by atoms with Gasteiger partial charge in [0.15, 0.2) is 11.4 Å². The van der Waals surface area contributed by atoms with E-state index in [0.717, 1.165) is 25.0 Å². The first-order chi connectivity index (χ1) is 16.1. The predicted molar refractivity (Wildman–Crippen MR) is 127 cm³/mol. The number of hydrogen-bond donors (Lipinski definition) is 1. The fourth-order valence-corrected chi connectivity index (χ4v) is 4.73. The van der Waals surface area contributed by atoms with Crippen LogP contribution < -0.4 is 10.9 Å². The first kappa shape index (κ1) is 21.5. The second kappa shape index (κ2) is 9.23. The summed E-state index contributed by atoms with van der Waals surface area (Å²) >= 11 is 0. The molecule has 172 valence electrons. The highest BCUT2D eigenvalue weighted by Crippen LogP contribution is 2.17. The third-order valence-corrected chi connectivity index (χ3v) is 6.54. The number of aromatic nitrogens is 3. The molecular formula is C25H29N5O3. The smallest absolute Gasteiger partial charge is 0.286 e. The molecule has 0 saturated carbocycles. The summed E-state index contributed by atoms with van der Waals surface area (Å²) in [6, 6.07) is 11.4. The molecule has 4 aromatic rings. The number of fused-ring (bicyclic) bond motifs is 3. The summed E-state index contributed by atoms with van der Waals surface area (Å²) in [5.74, 6) is 0.558. The lowest BCUT2D eigenvalue weighted by Crippen LogP contribution is -2.39. The van der Waals surface area contributed by atoms with E-state index in [9.17, 15) is 9.59 Å². The molecule has 0 radical (unpaired) electrons. The molecule has 1 fully saturated rings. The molecule has 5 heterocycles. The number of furan rings is 1. The molecule has 1 unspecified atom stereocenters. The van der Waals surface area contributed by atoms with Gasteiger partial charge in [0.2, 0.25) is 0 Å². The highest BCUT2D eigenvalue weighted by atomic mass is 16.4. The minimum Gasteiger partial charge on any atom is -0.454 e. The highest BCUT2D eigenvalue weighted by molar-refractivity contribution is 5.91. The predicted octanol–water partition coefficient (Wildman–Crippen LogP) is 3.28. The molecule has 0 aliphatic carbocycles. The Hall–Kier alpha value is -3.39. The number of pyridine rings is 1. The van der Waals surface area contributed by atoms with Gasteiger partial charge < -0.3 is 19.0 Å². The van der Waals surface area contributed by atoms with Crippen molar-refractivity contribution in [2.45, 2.75) is 45.2 Å². The summed E-state index contributed by atoms with van der Waals surface area (Å²) < 4.78 is 9.22. The van der Waals surface area contributed by atoms with E-state index in [1.54, 1.807) is 29.0 Å². The Bertz CT molecular complexity index is 1330. The van der Waals surface area contributed by atoms with Crippen molar-refractivity contribution in [3.8, 4) is 0 Å². The van der Waals surface area contributed by atoms with E-state index in [4.69, 9.17) is 4.42 Å². The molecule has 1 atom stereocenters. The molecule has 8 heteroatoms. The molecule has 0 bridgehead atoms. The lowest BCUT2D eigenvalue weighted by molar-refractivity contribution is 0.0919. The number of hydrogen-bond acceptors (Lipinski definition) is 5. The van der Waals surface area contributed by atoms with Gasteiger partial charge in [0, 0.05) is 31.5 Å². The van der Waals surface area contributed by atoms with Crippen LogP contribution in [0.15, 0.2) is 58.0 Å². The lowest BCUT2D eigenvalue weighted by Gasteiger charge is -2.33. The lowest BCUT2D eigenvalue weighted by atomic mass is 10.0. The summed E-state index contributed by atoms with van der Waals surface area (Å²) in [7, 11) is 0. The number of likely N-dealkylation sites (tertiary alicyclic amines) is 1. The van der Waals surface area contributed by atoms with Crippen LogP contribution in [0, 0.1) is 0 Å². The van der Waals surface area contributed by atoms with E-state index in [2.05, 4.69) is 22.1 Å². The average molecular weight is 448 g/mol. The number of rotatable bonds is 7. The molecule has 8 nitrogen and oxygen atoms in total. The first-order valence-corrected chi connectivity index (χ1v) is 11.7. The van der Waals surface area contributed by atoms with Crippen molar-refractivity contribution >= 4 is 22.6 Å². The van der Waals surface area contributed by atoms with Crippen LogP contribution in [0.25, 0.3) is 16.7 Å². The maximum Gasteiger partial charge on any atom is 0.286 e. The minimum atomic E-state index is -0.231. The second-order valence-electron chi connectivity index (χ2n) is 8.76. The monoisotopic (exact) mass is 447 g/mol. The molecular weight excluding hydrogens is 418 g/mol. The van der Waals surface area contributed by atoms with Gasteiger partial charge >= 0.3 is 0 Å². The van der Waals surface area contributed by atoms with Crippen molar-refractivity contribution < 1.29 is 9.21 Å². The fraction of sp³-hybridized carbons (Fsp3) is 0.400. The van der Waals surface area contributed by atoms with E-state index in [1.165, 1.54) is 19.3 Å². The van der Waals surface area contributed by atoms with Crippen LogP contribution in [0.4, 0.5) is 0 Å². The second-order valence-corrected chi connectivity index (χ2v) is 8.76. The van der Waals surface area contributed by atoms with E-state index in [-0.39, 0.29) is 23.8 Å². The molecule has 0 spiro atoms. The van der Waals surface area contributed by atoms with Gasteiger partial charge in [0.05, 0.1) is 12.1 Å². The zero-order valence-electron chi connectivity index (χ0n) is 18.9. The zero-order valence-corrected chi connectivity index (χ0v) is 18.9. The standard InChI is InChI=1S/C25H29N5O3/c1-18-7-2-3-14-28(18)15-6-13-27-24(31)22-11-10-19(33-22)17-30-23-20(8-4-12-26-23)29-16-5-9-21(29)25(30)32/h4-5,8-12,16,18H,2-3,6-7,13-15,17H2,1H3,(H,27,31). The molecule has 1 saturated heterocycles. The molecule has 1 N–H and O–H groups in total. The Morgan fingerprint density at radius 2 is 2.06 bits per heavy atom. The van der Waals surface area contributed by atoms with E-state index < -0.39 is 0 Å². The number of amides is 1. The van der Waals surface area contributed by atoms with E-state index >= 15 is 0 Å². The normalized spacial score (nSPS) is 17.1. The highest BCUT2D eigenvalue weighted by Gasteiger charge is 2.18. The van der Waals surface area contributed by atoms with Crippen LogP contribution in [0.3, 0.4) is 0 Å². The van der Waals surface area contributed by atoms with Gasteiger partial charge in [-0.3, -0.25) is 14.2 Å². The van der Waals surface area contributed by atoms with Crippen molar-refractivity contribution in [3.05, 3.63) is 70.7 Å². The van der Waals surface area contributed by atoms with Crippen molar-refractivity contribution in [1.29, 1.82) is 0 Å². The van der Waals surface area contributed by atoms with Crippen LogP contribution in [0.2, 0.25) is 0 Å². The van der Waals surface area contributed by atoms with Crippen molar-refractivity contribution in [1.82, 2.24) is 24.2 Å². The third kappa shape index (κ3) is 4.30. The average Bonchev–Trinajstić information content (AvgIpc) is 3.51. The molecule has 4 aromatic heterocycles. The summed E-state index contributed by atoms with van der Waals surface area (Å²) in [4.78, 5) is 32.5. The Kier molecular flexibility index (Phi) is 6.00. The Morgan fingerprint density at radius 1 is 1.18 bits per heavy atom. The zero-order chi connectivity index (χ0) is 22.8. The molecule has 1 aliphatic rings. The van der Waals surface area contributed by atoms with Gasteiger partial charge in [0.1, 0.15) is 11.3 Å². The summed E-state index contributed by atoms with van der Waals surface area (Å²) in [5, 5.41) is 2.95. The number of carbonyl (C=O) groups excluding carboxylic acids is 1. The maximum atomic E-state index is 13.1. The SMILES string of the molecule is CC1CCCCN1CCCNC(=O)c1ccc(Cn2c(=O)c3cccn3c3cccnc32)o1. The van der Waals surface area contributed by atoms with Crippen molar-refractivity contribution in [2.24, 2.45) is 0 Å². The molecule has 1 aliphatic heterocycles. The van der Waals surface area contributed by atoms with Gasteiger partial charge in [0.25, 0.3) is 11.5 Å². The first-order valence-electron chi connectivity index (χ1n) is 11.7. The number of nitrogens with one attached hydrogen (secondary N) is 1.